The number of benzene rings is 2. The Morgan fingerprint density at radius 3 is 2.52 bits per heavy atom. The zero-order valence-corrected chi connectivity index (χ0v) is 16.1. The van der Waals surface area contributed by atoms with Crippen LogP contribution in [-0.4, -0.2) is 21.6 Å². The van der Waals surface area contributed by atoms with E-state index >= 15 is 0 Å². The molecule has 0 saturated heterocycles. The van der Waals surface area contributed by atoms with Crippen LogP contribution in [0.3, 0.4) is 0 Å². The highest BCUT2D eigenvalue weighted by Crippen LogP contribution is 2.37. The van der Waals surface area contributed by atoms with Crippen molar-refractivity contribution in [2.75, 3.05) is 10.6 Å². The van der Waals surface area contributed by atoms with Crippen LogP contribution in [0.25, 0.3) is 11.3 Å². The average Bonchev–Trinajstić information content (AvgIpc) is 3.04. The lowest BCUT2D eigenvalue weighted by molar-refractivity contribution is -0.137. The molecule has 4 rings (SSSR count). The number of halogens is 4. The molecule has 0 radical (unpaired) electrons. The minimum atomic E-state index is -4.66. The first-order valence-electron chi connectivity index (χ1n) is 9.27. The lowest BCUT2D eigenvalue weighted by atomic mass is 10.1. The lowest BCUT2D eigenvalue weighted by Crippen LogP contribution is -2.36. The number of alkyl halides is 3. The Balaban J connectivity index is 1.70. The van der Waals surface area contributed by atoms with Crippen molar-refractivity contribution in [3.05, 3.63) is 65.5 Å². The molecule has 1 aromatic heterocycles. The van der Waals surface area contributed by atoms with E-state index in [1.807, 2.05) is 0 Å². The van der Waals surface area contributed by atoms with E-state index in [1.54, 1.807) is 6.92 Å². The fourth-order valence-electron chi connectivity index (χ4n) is 3.48. The smallest absolute Gasteiger partial charge is 0.324 e. The van der Waals surface area contributed by atoms with Crippen LogP contribution in [0.2, 0.25) is 0 Å². The first kappa shape index (κ1) is 20.6. The van der Waals surface area contributed by atoms with E-state index in [0.29, 0.717) is 16.8 Å². The van der Waals surface area contributed by atoms with Gasteiger partial charge in [-0.1, -0.05) is 12.1 Å². The molecule has 1 aliphatic rings. The van der Waals surface area contributed by atoms with Crippen molar-refractivity contribution in [3.8, 4) is 11.3 Å². The Bertz CT molecular complexity index is 1170. The van der Waals surface area contributed by atoms with Crippen molar-refractivity contribution in [2.24, 2.45) is 0 Å². The molecular weight excluding hydrogens is 416 g/mol. The molecule has 2 heterocycles. The Morgan fingerprint density at radius 1 is 1.16 bits per heavy atom. The first-order chi connectivity index (χ1) is 14.6. The van der Waals surface area contributed by atoms with Crippen LogP contribution in [0.15, 0.2) is 48.5 Å². The molecule has 2 aromatic carbocycles. The maximum absolute atomic E-state index is 13.3. The van der Waals surface area contributed by atoms with Crippen LogP contribution in [0.1, 0.15) is 23.6 Å². The molecular formula is C21H16F4N4O2. The summed E-state index contributed by atoms with van der Waals surface area (Å²) in [7, 11) is 0. The third kappa shape index (κ3) is 3.88. The largest absolute Gasteiger partial charge is 0.418 e. The first-order valence-corrected chi connectivity index (χ1v) is 9.27. The monoisotopic (exact) mass is 432 g/mol. The Labute approximate surface area is 173 Å². The molecule has 0 bridgehead atoms. The van der Waals surface area contributed by atoms with Gasteiger partial charge in [-0.3, -0.25) is 9.59 Å². The summed E-state index contributed by atoms with van der Waals surface area (Å²) in [4.78, 5) is 25.1. The molecule has 1 aliphatic heterocycles. The van der Waals surface area contributed by atoms with E-state index in [4.69, 9.17) is 0 Å². The zero-order chi connectivity index (χ0) is 22.3. The molecule has 2 amide bonds. The van der Waals surface area contributed by atoms with Crippen LogP contribution in [-0.2, 0) is 15.8 Å². The summed E-state index contributed by atoms with van der Waals surface area (Å²) in [6.45, 7) is 1.68. The SMILES string of the molecule is Cc1c(-c2ccc(F)cc2)nn2c1NC(=O)C[C@H]2C(=O)Nc1ccccc1C(F)(F)F. The standard InChI is InChI=1S/C21H16F4N4O2/c1-11-18(12-6-8-13(22)9-7-12)28-29-16(10-17(30)27-19(11)29)20(31)26-15-5-3-2-4-14(15)21(23,24)25/h2-9,16H,10H2,1H3,(H,26,31)(H,27,30)/t16-/m0/s1. The normalized spacial score (nSPS) is 15.9. The maximum atomic E-state index is 13.3. The minimum absolute atomic E-state index is 0.264. The highest BCUT2D eigenvalue weighted by atomic mass is 19.4. The summed E-state index contributed by atoms with van der Waals surface area (Å²) < 4.78 is 54.3. The predicted octanol–water partition coefficient (Wildman–Crippen LogP) is 4.54. The van der Waals surface area contributed by atoms with E-state index < -0.39 is 41.1 Å². The molecule has 0 aliphatic carbocycles. The van der Waals surface area contributed by atoms with Gasteiger partial charge in [0.05, 0.1) is 23.4 Å². The number of hydrogen-bond acceptors (Lipinski definition) is 3. The summed E-state index contributed by atoms with van der Waals surface area (Å²) >= 11 is 0. The summed E-state index contributed by atoms with van der Waals surface area (Å²) in [5.74, 6) is -1.44. The van der Waals surface area contributed by atoms with Gasteiger partial charge in [-0.05, 0) is 43.3 Å². The molecule has 0 fully saturated rings. The minimum Gasteiger partial charge on any atom is -0.324 e. The number of nitrogens with one attached hydrogen (secondary N) is 2. The van der Waals surface area contributed by atoms with Crippen molar-refractivity contribution >= 4 is 23.3 Å². The van der Waals surface area contributed by atoms with Gasteiger partial charge in [0.15, 0.2) is 0 Å². The van der Waals surface area contributed by atoms with Gasteiger partial charge >= 0.3 is 6.18 Å². The van der Waals surface area contributed by atoms with Crippen molar-refractivity contribution in [2.45, 2.75) is 25.6 Å². The fourth-order valence-corrected chi connectivity index (χ4v) is 3.48. The lowest BCUT2D eigenvalue weighted by Gasteiger charge is -2.24. The molecule has 6 nitrogen and oxygen atoms in total. The topological polar surface area (TPSA) is 76.0 Å². The molecule has 10 heteroatoms. The van der Waals surface area contributed by atoms with Gasteiger partial charge in [-0.2, -0.15) is 18.3 Å². The van der Waals surface area contributed by atoms with E-state index in [1.165, 1.54) is 41.1 Å². The van der Waals surface area contributed by atoms with Crippen LogP contribution in [0.4, 0.5) is 29.1 Å². The highest BCUT2D eigenvalue weighted by Gasteiger charge is 2.37. The number of aromatic nitrogens is 2. The van der Waals surface area contributed by atoms with E-state index in [-0.39, 0.29) is 12.2 Å². The number of para-hydroxylation sites is 1. The summed E-state index contributed by atoms with van der Waals surface area (Å²) in [5, 5.41) is 9.31. The second kappa shape index (κ2) is 7.53. The number of fused-ring (bicyclic) bond motifs is 1. The van der Waals surface area contributed by atoms with Crippen molar-refractivity contribution in [1.82, 2.24) is 9.78 Å². The number of anilines is 2. The van der Waals surface area contributed by atoms with E-state index in [9.17, 15) is 27.2 Å². The van der Waals surface area contributed by atoms with Crippen LogP contribution in [0, 0.1) is 12.7 Å². The van der Waals surface area contributed by atoms with Gasteiger partial charge in [0, 0.05) is 11.1 Å². The van der Waals surface area contributed by atoms with E-state index in [0.717, 1.165) is 12.1 Å². The Morgan fingerprint density at radius 2 is 1.84 bits per heavy atom. The number of nitrogens with zero attached hydrogens (tertiary/aromatic N) is 2. The van der Waals surface area contributed by atoms with Gasteiger partial charge in [0.1, 0.15) is 17.7 Å². The summed E-state index contributed by atoms with van der Waals surface area (Å²) in [6, 6.07) is 8.96. The third-order valence-electron chi connectivity index (χ3n) is 4.99. The molecule has 2 N–H and O–H groups in total. The quantitative estimate of drug-likeness (QED) is 0.597. The maximum Gasteiger partial charge on any atom is 0.418 e. The summed E-state index contributed by atoms with van der Waals surface area (Å²) in [6.07, 6.45) is -4.95. The summed E-state index contributed by atoms with van der Waals surface area (Å²) in [5.41, 5.74) is 0.137. The third-order valence-corrected chi connectivity index (χ3v) is 4.99. The molecule has 160 valence electrons. The number of rotatable bonds is 3. The average molecular weight is 432 g/mol. The Kier molecular flexibility index (Phi) is 5.00. The van der Waals surface area contributed by atoms with Gasteiger partial charge in [0.25, 0.3) is 0 Å². The predicted molar refractivity (Wildman–Crippen MR) is 105 cm³/mol. The Hall–Kier alpha value is -3.69. The zero-order valence-electron chi connectivity index (χ0n) is 16.1. The van der Waals surface area contributed by atoms with Crippen molar-refractivity contribution in [1.29, 1.82) is 0 Å². The molecule has 0 saturated carbocycles. The van der Waals surface area contributed by atoms with Gasteiger partial charge in [-0.25, -0.2) is 9.07 Å². The van der Waals surface area contributed by atoms with Crippen LogP contribution >= 0.6 is 0 Å². The molecule has 31 heavy (non-hydrogen) atoms. The fraction of sp³-hybridized carbons (Fsp3) is 0.190. The van der Waals surface area contributed by atoms with Gasteiger partial charge in [-0.15, -0.1) is 0 Å². The molecule has 0 unspecified atom stereocenters. The molecule has 1 atom stereocenters. The number of carbonyl (C=O) groups is 2. The van der Waals surface area contributed by atoms with Crippen molar-refractivity contribution < 1.29 is 27.2 Å². The number of amides is 2. The van der Waals surface area contributed by atoms with Crippen LogP contribution < -0.4 is 10.6 Å². The second-order valence-electron chi connectivity index (χ2n) is 7.07. The second-order valence-corrected chi connectivity index (χ2v) is 7.07. The molecule has 3 aromatic rings. The highest BCUT2D eigenvalue weighted by molar-refractivity contribution is 6.02. The van der Waals surface area contributed by atoms with E-state index in [2.05, 4.69) is 15.7 Å². The number of hydrogen-bond donors (Lipinski definition) is 2. The van der Waals surface area contributed by atoms with Crippen molar-refractivity contribution in [3.63, 3.8) is 0 Å². The van der Waals surface area contributed by atoms with Gasteiger partial charge in [0.2, 0.25) is 11.8 Å². The number of carbonyl (C=O) groups excluding carboxylic acids is 2. The van der Waals surface area contributed by atoms with Crippen LogP contribution in [0.5, 0.6) is 0 Å². The molecule has 0 spiro atoms. The van der Waals surface area contributed by atoms with Gasteiger partial charge < -0.3 is 10.6 Å².